The molecule has 13 heavy (non-hydrogen) atoms. The van der Waals surface area contributed by atoms with Crippen molar-refractivity contribution in [3.63, 3.8) is 0 Å². The minimum Gasteiger partial charge on any atom is -0.453 e. The summed E-state index contributed by atoms with van der Waals surface area (Å²) in [7, 11) is 1.26. The number of benzene rings is 1. The maximum absolute atomic E-state index is 10.8. The number of hydrogen-bond acceptors (Lipinski definition) is 2. The zero-order chi connectivity index (χ0) is 9.84. The maximum atomic E-state index is 10.8. The van der Waals surface area contributed by atoms with E-state index in [2.05, 4.69) is 10.1 Å². The summed E-state index contributed by atoms with van der Waals surface area (Å²) in [5, 5.41) is 3.15. The summed E-state index contributed by atoms with van der Waals surface area (Å²) in [6, 6.07) is 4.94. The van der Waals surface area contributed by atoms with E-state index in [0.717, 1.165) is 0 Å². The van der Waals surface area contributed by atoms with Crippen molar-refractivity contribution in [1.82, 2.24) is 0 Å². The van der Waals surface area contributed by atoms with Gasteiger partial charge in [0.25, 0.3) is 0 Å². The minimum absolute atomic E-state index is 0.359. The fourth-order valence-electron chi connectivity index (χ4n) is 0.770. The lowest BCUT2D eigenvalue weighted by Gasteiger charge is -2.06. The summed E-state index contributed by atoms with van der Waals surface area (Å²) >= 11 is 11.6. The number of methoxy groups -OCH3 is 1. The topological polar surface area (TPSA) is 38.3 Å². The zero-order valence-electron chi connectivity index (χ0n) is 6.80. The van der Waals surface area contributed by atoms with Crippen LogP contribution in [0.5, 0.6) is 0 Å². The Kier molecular flexibility index (Phi) is 3.39. The van der Waals surface area contributed by atoms with Gasteiger partial charge in [0.05, 0.1) is 22.8 Å². The van der Waals surface area contributed by atoms with Crippen LogP contribution in [0, 0.1) is 0 Å². The number of amides is 1. The molecule has 0 aromatic heterocycles. The molecule has 0 aliphatic heterocycles. The molecule has 0 aliphatic carbocycles. The Hall–Kier alpha value is -0.930. The summed E-state index contributed by atoms with van der Waals surface area (Å²) in [5.74, 6) is 0. The standard InChI is InChI=1S/C8H7Cl2NO2/c1-13-8(12)11-7-5(9)3-2-4-6(7)10/h2-4H,1H3,(H,11,12). The van der Waals surface area contributed by atoms with Gasteiger partial charge in [-0.2, -0.15) is 0 Å². The van der Waals surface area contributed by atoms with Gasteiger partial charge < -0.3 is 4.74 Å². The maximum Gasteiger partial charge on any atom is 0.411 e. The van der Waals surface area contributed by atoms with E-state index in [9.17, 15) is 4.79 Å². The SMILES string of the molecule is COC(=O)Nc1c(Cl)cccc1Cl. The number of nitrogens with one attached hydrogen (secondary N) is 1. The van der Waals surface area contributed by atoms with Gasteiger partial charge in [-0.25, -0.2) is 4.79 Å². The number of carbonyl (C=O) groups excluding carboxylic acids is 1. The highest BCUT2D eigenvalue weighted by atomic mass is 35.5. The Morgan fingerprint density at radius 2 is 1.92 bits per heavy atom. The van der Waals surface area contributed by atoms with Gasteiger partial charge in [0.2, 0.25) is 0 Å². The second-order valence-corrected chi connectivity index (χ2v) is 3.03. The van der Waals surface area contributed by atoms with Gasteiger partial charge in [-0.15, -0.1) is 0 Å². The number of carbonyl (C=O) groups is 1. The molecule has 0 unspecified atom stereocenters. The Labute approximate surface area is 85.6 Å². The molecular formula is C8H7Cl2NO2. The van der Waals surface area contributed by atoms with Crippen LogP contribution in [0.25, 0.3) is 0 Å². The molecule has 1 aromatic rings. The summed E-state index contributed by atoms with van der Waals surface area (Å²) < 4.78 is 4.40. The molecule has 70 valence electrons. The molecule has 1 aromatic carbocycles. The van der Waals surface area contributed by atoms with Gasteiger partial charge >= 0.3 is 6.09 Å². The van der Waals surface area contributed by atoms with Crippen molar-refractivity contribution in [2.75, 3.05) is 12.4 Å². The average Bonchev–Trinajstić information content (AvgIpc) is 2.11. The number of halogens is 2. The van der Waals surface area contributed by atoms with E-state index in [0.29, 0.717) is 15.7 Å². The van der Waals surface area contributed by atoms with Gasteiger partial charge in [-0.3, -0.25) is 5.32 Å². The molecule has 1 rings (SSSR count). The van der Waals surface area contributed by atoms with Gasteiger partial charge in [0.15, 0.2) is 0 Å². The highest BCUT2D eigenvalue weighted by Crippen LogP contribution is 2.29. The monoisotopic (exact) mass is 219 g/mol. The van der Waals surface area contributed by atoms with Crippen LogP contribution in [0.4, 0.5) is 10.5 Å². The van der Waals surface area contributed by atoms with E-state index < -0.39 is 6.09 Å². The predicted molar refractivity (Wildman–Crippen MR) is 52.5 cm³/mol. The minimum atomic E-state index is -0.602. The Morgan fingerprint density at radius 3 is 2.38 bits per heavy atom. The lowest BCUT2D eigenvalue weighted by molar-refractivity contribution is 0.187. The normalized spacial score (nSPS) is 9.46. The predicted octanol–water partition coefficient (Wildman–Crippen LogP) is 3.17. The fraction of sp³-hybridized carbons (Fsp3) is 0.125. The van der Waals surface area contributed by atoms with Crippen LogP contribution in [0.15, 0.2) is 18.2 Å². The van der Waals surface area contributed by atoms with Crippen molar-refractivity contribution < 1.29 is 9.53 Å². The molecule has 0 spiro atoms. The fourth-order valence-corrected chi connectivity index (χ4v) is 1.26. The summed E-state index contributed by atoms with van der Waals surface area (Å²) in [6.45, 7) is 0. The molecule has 1 amide bonds. The summed E-state index contributed by atoms with van der Waals surface area (Å²) in [6.07, 6.45) is -0.602. The van der Waals surface area contributed by atoms with Crippen LogP contribution < -0.4 is 5.32 Å². The molecule has 0 fully saturated rings. The van der Waals surface area contributed by atoms with E-state index in [4.69, 9.17) is 23.2 Å². The molecule has 0 bridgehead atoms. The van der Waals surface area contributed by atoms with Gasteiger partial charge in [-0.1, -0.05) is 29.3 Å². The second kappa shape index (κ2) is 4.35. The van der Waals surface area contributed by atoms with Gasteiger partial charge in [0.1, 0.15) is 0 Å². The number of hydrogen-bond donors (Lipinski definition) is 1. The molecule has 3 nitrogen and oxygen atoms in total. The van der Waals surface area contributed by atoms with Crippen molar-refractivity contribution in [1.29, 1.82) is 0 Å². The first-order valence-electron chi connectivity index (χ1n) is 3.44. The Bertz CT molecular complexity index is 308. The van der Waals surface area contributed by atoms with Crippen molar-refractivity contribution in [2.45, 2.75) is 0 Å². The smallest absolute Gasteiger partial charge is 0.411 e. The van der Waals surface area contributed by atoms with Crippen LogP contribution in [0.2, 0.25) is 10.0 Å². The highest BCUT2D eigenvalue weighted by molar-refractivity contribution is 6.39. The third-order valence-corrected chi connectivity index (χ3v) is 2.01. The van der Waals surface area contributed by atoms with E-state index in [1.165, 1.54) is 7.11 Å². The second-order valence-electron chi connectivity index (χ2n) is 2.21. The molecule has 0 radical (unpaired) electrons. The van der Waals surface area contributed by atoms with Crippen LogP contribution in [0.3, 0.4) is 0 Å². The largest absolute Gasteiger partial charge is 0.453 e. The van der Waals surface area contributed by atoms with Gasteiger partial charge in [-0.05, 0) is 12.1 Å². The molecule has 5 heteroatoms. The number of para-hydroxylation sites is 1. The molecule has 0 heterocycles. The van der Waals surface area contributed by atoms with Crippen molar-refractivity contribution in [3.8, 4) is 0 Å². The molecular weight excluding hydrogens is 213 g/mol. The first-order valence-corrected chi connectivity index (χ1v) is 4.19. The number of ether oxygens (including phenoxy) is 1. The van der Waals surface area contributed by atoms with E-state index in [1.807, 2.05) is 0 Å². The van der Waals surface area contributed by atoms with E-state index >= 15 is 0 Å². The zero-order valence-corrected chi connectivity index (χ0v) is 8.32. The summed E-state index contributed by atoms with van der Waals surface area (Å²) in [5.41, 5.74) is 0.359. The molecule has 0 atom stereocenters. The third kappa shape index (κ3) is 2.50. The Balaban J connectivity index is 2.93. The quantitative estimate of drug-likeness (QED) is 0.789. The molecule has 0 aliphatic rings. The summed E-state index contributed by atoms with van der Waals surface area (Å²) in [4.78, 5) is 10.8. The van der Waals surface area contributed by atoms with Crippen LogP contribution >= 0.6 is 23.2 Å². The van der Waals surface area contributed by atoms with Crippen molar-refractivity contribution >= 4 is 35.0 Å². The van der Waals surface area contributed by atoms with Crippen LogP contribution in [-0.4, -0.2) is 13.2 Å². The molecule has 1 N–H and O–H groups in total. The lowest BCUT2D eigenvalue weighted by Crippen LogP contribution is -2.11. The molecule has 0 saturated carbocycles. The first-order chi connectivity index (χ1) is 6.15. The first kappa shape index (κ1) is 10.2. The van der Waals surface area contributed by atoms with Crippen molar-refractivity contribution in [3.05, 3.63) is 28.2 Å². The van der Waals surface area contributed by atoms with Crippen molar-refractivity contribution in [2.24, 2.45) is 0 Å². The van der Waals surface area contributed by atoms with Crippen LogP contribution in [-0.2, 0) is 4.74 Å². The highest BCUT2D eigenvalue weighted by Gasteiger charge is 2.08. The third-order valence-electron chi connectivity index (χ3n) is 1.38. The number of rotatable bonds is 1. The average molecular weight is 220 g/mol. The van der Waals surface area contributed by atoms with E-state index in [-0.39, 0.29) is 0 Å². The molecule has 0 saturated heterocycles. The Morgan fingerprint density at radius 1 is 1.38 bits per heavy atom. The van der Waals surface area contributed by atoms with E-state index in [1.54, 1.807) is 18.2 Å². The van der Waals surface area contributed by atoms with Gasteiger partial charge in [0, 0.05) is 0 Å². The van der Waals surface area contributed by atoms with Crippen LogP contribution in [0.1, 0.15) is 0 Å². The lowest BCUT2D eigenvalue weighted by atomic mass is 10.3. The number of anilines is 1.